The van der Waals surface area contributed by atoms with E-state index >= 15 is 0 Å². The number of carbonyl (C=O) groups excluding carboxylic acids is 8. The highest BCUT2D eigenvalue weighted by Crippen LogP contribution is 2.15. The van der Waals surface area contributed by atoms with Gasteiger partial charge in [0.1, 0.15) is 0 Å². The summed E-state index contributed by atoms with van der Waals surface area (Å²) in [6.07, 6.45) is 13.6. The van der Waals surface area contributed by atoms with Crippen LogP contribution in [0.4, 0.5) is 0 Å². The molecule has 0 saturated heterocycles. The summed E-state index contributed by atoms with van der Waals surface area (Å²) in [5.41, 5.74) is 0. The maximum atomic E-state index is 11.4. The fourth-order valence-electron chi connectivity index (χ4n) is 5.61. The summed E-state index contributed by atoms with van der Waals surface area (Å²) < 4.78 is 19.2. The lowest BCUT2D eigenvalue weighted by Crippen LogP contribution is -2.23. The molecular formula is C48H88O12. The van der Waals surface area contributed by atoms with Crippen molar-refractivity contribution >= 4 is 47.8 Å². The lowest BCUT2D eigenvalue weighted by atomic mass is 10.1. The van der Waals surface area contributed by atoms with Crippen molar-refractivity contribution in [1.29, 1.82) is 0 Å². The third-order valence-corrected chi connectivity index (χ3v) is 9.80. The molecule has 12 heteroatoms. The number of hydrogen-bond acceptors (Lipinski definition) is 12. The first-order valence-corrected chi connectivity index (χ1v) is 23.1. The molecule has 0 fully saturated rings. The number of ether oxygens (including phenoxy) is 4. The van der Waals surface area contributed by atoms with Crippen LogP contribution in [-0.2, 0) is 57.3 Å². The van der Waals surface area contributed by atoms with Crippen molar-refractivity contribution in [2.45, 2.75) is 214 Å². The third kappa shape index (κ3) is 33.3. The van der Waals surface area contributed by atoms with Crippen LogP contribution in [0.1, 0.15) is 214 Å². The molecule has 0 aliphatic carbocycles. The van der Waals surface area contributed by atoms with Crippen molar-refractivity contribution in [3.63, 3.8) is 0 Å². The highest BCUT2D eigenvalue weighted by Gasteiger charge is 2.24. The lowest BCUT2D eigenvalue weighted by Gasteiger charge is -2.12. The lowest BCUT2D eigenvalue weighted by molar-refractivity contribution is -0.166. The first-order valence-electron chi connectivity index (χ1n) is 23.1. The van der Waals surface area contributed by atoms with Crippen molar-refractivity contribution in [3.05, 3.63) is 0 Å². The maximum absolute atomic E-state index is 11.4. The molecule has 0 aliphatic rings. The van der Waals surface area contributed by atoms with Gasteiger partial charge >= 0.3 is 47.8 Å². The molecule has 0 amide bonds. The van der Waals surface area contributed by atoms with E-state index < -0.39 is 0 Å². The zero-order valence-corrected chi connectivity index (χ0v) is 40.8. The predicted octanol–water partition coefficient (Wildman–Crippen LogP) is 11.7. The third-order valence-electron chi connectivity index (χ3n) is 9.80. The van der Waals surface area contributed by atoms with Crippen LogP contribution in [-0.4, -0.2) is 47.8 Å². The monoisotopic (exact) mass is 857 g/mol. The molecule has 12 nitrogen and oxygen atoms in total. The van der Waals surface area contributed by atoms with Crippen molar-refractivity contribution in [2.24, 2.45) is 47.3 Å². The van der Waals surface area contributed by atoms with Gasteiger partial charge in [0, 0.05) is 0 Å². The van der Waals surface area contributed by atoms with Crippen LogP contribution in [0.3, 0.4) is 0 Å². The Balaban J connectivity index is -0.000000348. The highest BCUT2D eigenvalue weighted by molar-refractivity contribution is 5.89. The first-order chi connectivity index (χ1) is 28.1. The molecule has 0 aromatic carbocycles. The molecule has 0 radical (unpaired) electrons. The largest absolute Gasteiger partial charge is 0.393 e. The van der Waals surface area contributed by atoms with Gasteiger partial charge in [0.15, 0.2) is 0 Å². The van der Waals surface area contributed by atoms with Crippen LogP contribution in [0, 0.1) is 47.3 Å². The van der Waals surface area contributed by atoms with Crippen LogP contribution >= 0.6 is 0 Å². The highest BCUT2D eigenvalue weighted by atomic mass is 16.6. The van der Waals surface area contributed by atoms with E-state index in [4.69, 9.17) is 18.9 Å². The predicted molar refractivity (Wildman–Crippen MR) is 237 cm³/mol. The van der Waals surface area contributed by atoms with Gasteiger partial charge in [-0.1, -0.05) is 162 Å². The minimum atomic E-state index is -0.384. The molecule has 8 atom stereocenters. The summed E-state index contributed by atoms with van der Waals surface area (Å²) in [6.45, 7) is 30.4. The number of hydrogen-bond donors (Lipinski definition) is 0. The molecule has 0 spiro atoms. The fraction of sp³-hybridized carbons (Fsp3) is 0.833. The van der Waals surface area contributed by atoms with E-state index in [2.05, 4.69) is 0 Å². The molecule has 60 heavy (non-hydrogen) atoms. The van der Waals surface area contributed by atoms with E-state index in [0.29, 0.717) is 0 Å². The van der Waals surface area contributed by atoms with E-state index in [0.717, 1.165) is 103 Å². The molecule has 0 aromatic rings. The summed E-state index contributed by atoms with van der Waals surface area (Å²) in [7, 11) is 0. The summed E-state index contributed by atoms with van der Waals surface area (Å²) in [6, 6.07) is 0. The second-order valence-corrected chi connectivity index (χ2v) is 16.5. The van der Waals surface area contributed by atoms with E-state index in [-0.39, 0.29) is 95.1 Å². The molecule has 0 heterocycles. The van der Waals surface area contributed by atoms with Crippen LogP contribution in [0.2, 0.25) is 0 Å². The van der Waals surface area contributed by atoms with Gasteiger partial charge in [0.05, 0.1) is 47.3 Å². The second-order valence-electron chi connectivity index (χ2n) is 16.5. The Morgan fingerprint density at radius 1 is 0.233 bits per heavy atom. The van der Waals surface area contributed by atoms with Gasteiger partial charge in [-0.2, -0.15) is 0 Å². The fourth-order valence-corrected chi connectivity index (χ4v) is 5.61. The second kappa shape index (κ2) is 39.7. The van der Waals surface area contributed by atoms with Gasteiger partial charge in [-0.25, -0.2) is 0 Å². The van der Waals surface area contributed by atoms with Gasteiger partial charge in [-0.3, -0.25) is 38.4 Å². The average Bonchev–Trinajstić information content (AvgIpc) is 3.19. The van der Waals surface area contributed by atoms with Crippen molar-refractivity contribution < 1.29 is 57.3 Å². The van der Waals surface area contributed by atoms with Crippen LogP contribution in [0.15, 0.2) is 0 Å². The summed E-state index contributed by atoms with van der Waals surface area (Å²) >= 11 is 0. The Morgan fingerprint density at radius 2 is 0.317 bits per heavy atom. The minimum Gasteiger partial charge on any atom is -0.393 e. The Bertz CT molecular complexity index is 940. The van der Waals surface area contributed by atoms with Gasteiger partial charge in [0.25, 0.3) is 0 Å². The van der Waals surface area contributed by atoms with Gasteiger partial charge in [-0.05, 0) is 51.4 Å². The van der Waals surface area contributed by atoms with Crippen molar-refractivity contribution in [3.8, 4) is 0 Å². The first kappa shape index (κ1) is 63.2. The van der Waals surface area contributed by atoms with Crippen LogP contribution in [0.5, 0.6) is 0 Å². The molecule has 352 valence electrons. The Labute approximate surface area is 365 Å². The van der Waals surface area contributed by atoms with Gasteiger partial charge in [-0.15, -0.1) is 0 Å². The number of rotatable bonds is 24. The number of esters is 8. The molecule has 0 saturated carbocycles. The van der Waals surface area contributed by atoms with E-state index in [1.54, 1.807) is 55.4 Å². The van der Waals surface area contributed by atoms with E-state index in [9.17, 15) is 38.4 Å². The molecule has 0 N–H and O–H groups in total. The zero-order valence-electron chi connectivity index (χ0n) is 40.8. The minimum absolute atomic E-state index is 0.173. The molecule has 0 unspecified atom stereocenters. The summed E-state index contributed by atoms with van der Waals surface area (Å²) in [5.74, 6) is -4.46. The molecule has 0 aliphatic heterocycles. The molecule has 0 aromatic heterocycles. The normalized spacial score (nSPS) is 14.4. The van der Waals surface area contributed by atoms with Gasteiger partial charge < -0.3 is 18.9 Å². The SMILES string of the molecule is CCC[C@@H](C)C(=O)OC(=O)[C@@H](C)CCC.CCC[C@@H](C)C(=O)OC(=O)[C@@H](C)CCC.CCC[C@@H](C)C(=O)OC(=O)[C@H](C)CCC.CCC[C@H](C)C(=O)OC(=O)[C@@H](C)CCC. The molecule has 0 rings (SSSR count). The van der Waals surface area contributed by atoms with E-state index in [1.807, 2.05) is 55.4 Å². The molecular weight excluding hydrogens is 769 g/mol. The quantitative estimate of drug-likeness (QED) is 0.0511. The van der Waals surface area contributed by atoms with Crippen LogP contribution in [0.25, 0.3) is 0 Å². The van der Waals surface area contributed by atoms with E-state index in [1.165, 1.54) is 0 Å². The Hall–Kier alpha value is -3.44. The average molecular weight is 857 g/mol. The Morgan fingerprint density at radius 3 is 0.383 bits per heavy atom. The maximum Gasteiger partial charge on any atom is 0.316 e. The summed E-state index contributed by atoms with van der Waals surface area (Å²) in [5, 5.41) is 0. The topological polar surface area (TPSA) is 173 Å². The smallest absolute Gasteiger partial charge is 0.316 e. The van der Waals surface area contributed by atoms with Crippen LogP contribution < -0.4 is 0 Å². The number of carbonyl (C=O) groups is 8. The zero-order chi connectivity index (χ0) is 47.4. The molecule has 0 bridgehead atoms. The Kier molecular flexibility index (Phi) is 41.8. The van der Waals surface area contributed by atoms with Crippen molar-refractivity contribution in [1.82, 2.24) is 0 Å². The standard InChI is InChI=1S/4C12H22O3/c4*1-5-7-9(3)11(13)15-12(14)10(4)8-6-2/h4*9-10H,5-8H2,1-4H3/t2*9-,10+;2*9-,10-/m..10/s1. The van der Waals surface area contributed by atoms with Gasteiger partial charge in [0.2, 0.25) is 0 Å². The summed E-state index contributed by atoms with van der Waals surface area (Å²) in [4.78, 5) is 91.3. The van der Waals surface area contributed by atoms with Crippen molar-refractivity contribution in [2.75, 3.05) is 0 Å².